The lowest BCUT2D eigenvalue weighted by Crippen LogP contribution is -2.32. The number of rotatable bonds is 3. The molecule has 5 nitrogen and oxygen atoms in total. The largest absolute Gasteiger partial charge is 0.370 e. The Balaban J connectivity index is 1.44. The van der Waals surface area contributed by atoms with Gasteiger partial charge in [0.15, 0.2) is 0 Å². The van der Waals surface area contributed by atoms with Gasteiger partial charge in [0.2, 0.25) is 0 Å². The van der Waals surface area contributed by atoms with E-state index < -0.39 is 0 Å². The second-order valence-corrected chi connectivity index (χ2v) is 7.09. The van der Waals surface area contributed by atoms with Gasteiger partial charge in [-0.15, -0.1) is 0 Å². The van der Waals surface area contributed by atoms with Gasteiger partial charge in [0, 0.05) is 51.0 Å². The number of anilines is 3. The van der Waals surface area contributed by atoms with E-state index >= 15 is 0 Å². The van der Waals surface area contributed by atoms with Gasteiger partial charge in [0.1, 0.15) is 23.8 Å². The molecule has 2 aliphatic heterocycles. The highest BCUT2D eigenvalue weighted by Gasteiger charge is 2.18. The Kier molecular flexibility index (Phi) is 5.18. The van der Waals surface area contributed by atoms with Crippen LogP contribution in [0.4, 0.5) is 21.7 Å². The summed E-state index contributed by atoms with van der Waals surface area (Å²) in [5.41, 5.74) is 1.09. The molecule has 138 valence electrons. The average molecular weight is 355 g/mol. The van der Waals surface area contributed by atoms with Crippen LogP contribution < -0.4 is 14.7 Å². The number of halogens is 1. The molecule has 0 bridgehead atoms. The Labute approximate surface area is 154 Å². The zero-order valence-corrected chi connectivity index (χ0v) is 15.1. The van der Waals surface area contributed by atoms with Gasteiger partial charge in [-0.05, 0) is 49.9 Å². The predicted molar refractivity (Wildman–Crippen MR) is 104 cm³/mol. The average Bonchev–Trinajstić information content (AvgIpc) is 2.96. The van der Waals surface area contributed by atoms with Crippen LogP contribution in [0, 0.1) is 5.82 Å². The molecule has 4 rings (SSSR count). The second kappa shape index (κ2) is 7.89. The predicted octanol–water partition coefficient (Wildman–Crippen LogP) is 3.32. The fraction of sp³-hybridized carbons (Fsp3) is 0.500. The molecule has 3 heterocycles. The van der Waals surface area contributed by atoms with Crippen molar-refractivity contribution in [2.24, 2.45) is 0 Å². The Morgan fingerprint density at radius 1 is 0.654 bits per heavy atom. The van der Waals surface area contributed by atoms with Crippen LogP contribution in [0.5, 0.6) is 0 Å². The fourth-order valence-electron chi connectivity index (χ4n) is 3.86. The molecule has 6 heteroatoms. The molecule has 2 aliphatic rings. The number of hydrogen-bond acceptors (Lipinski definition) is 5. The quantitative estimate of drug-likeness (QED) is 0.844. The molecule has 1 aromatic carbocycles. The van der Waals surface area contributed by atoms with E-state index in [4.69, 9.17) is 0 Å². The van der Waals surface area contributed by atoms with Gasteiger partial charge in [0.25, 0.3) is 0 Å². The molecular weight excluding hydrogens is 329 g/mol. The van der Waals surface area contributed by atoms with Crippen molar-refractivity contribution < 1.29 is 4.39 Å². The van der Waals surface area contributed by atoms with Crippen LogP contribution >= 0.6 is 0 Å². The lowest BCUT2D eigenvalue weighted by Gasteiger charge is -2.29. The summed E-state index contributed by atoms with van der Waals surface area (Å²) >= 11 is 0. The van der Waals surface area contributed by atoms with E-state index in [-0.39, 0.29) is 5.82 Å². The molecule has 0 amide bonds. The highest BCUT2D eigenvalue weighted by atomic mass is 19.1. The van der Waals surface area contributed by atoms with Crippen molar-refractivity contribution in [3.8, 4) is 0 Å². The standard InChI is InChI=1S/C20H26FN5/c21-17-5-7-18(8-6-17)24-11-4-12-26(14-13-24)20-15-19(22-16-23-20)25-9-2-1-3-10-25/h5-8,15-16H,1-4,9-14H2. The topological polar surface area (TPSA) is 35.5 Å². The third-order valence-corrected chi connectivity index (χ3v) is 5.33. The Morgan fingerprint density at radius 3 is 1.96 bits per heavy atom. The van der Waals surface area contributed by atoms with Gasteiger partial charge >= 0.3 is 0 Å². The van der Waals surface area contributed by atoms with E-state index in [0.29, 0.717) is 0 Å². The maximum Gasteiger partial charge on any atom is 0.134 e. The second-order valence-electron chi connectivity index (χ2n) is 7.09. The number of aromatic nitrogens is 2. The van der Waals surface area contributed by atoms with Gasteiger partial charge in [-0.1, -0.05) is 0 Å². The molecule has 2 aromatic rings. The summed E-state index contributed by atoms with van der Waals surface area (Å²) in [7, 11) is 0. The molecule has 0 aliphatic carbocycles. The van der Waals surface area contributed by atoms with Crippen LogP contribution in [0.15, 0.2) is 36.7 Å². The van der Waals surface area contributed by atoms with Crippen molar-refractivity contribution in [1.82, 2.24) is 9.97 Å². The highest BCUT2D eigenvalue weighted by Crippen LogP contribution is 2.23. The first kappa shape index (κ1) is 17.1. The third kappa shape index (κ3) is 3.89. The van der Waals surface area contributed by atoms with Gasteiger partial charge in [-0.3, -0.25) is 0 Å². The molecule has 0 unspecified atom stereocenters. The maximum absolute atomic E-state index is 13.2. The first-order valence-electron chi connectivity index (χ1n) is 9.62. The summed E-state index contributed by atoms with van der Waals surface area (Å²) in [6.45, 7) is 5.96. The van der Waals surface area contributed by atoms with E-state index in [1.54, 1.807) is 6.33 Å². The van der Waals surface area contributed by atoms with Gasteiger partial charge in [-0.25, -0.2) is 14.4 Å². The summed E-state index contributed by atoms with van der Waals surface area (Å²) in [5.74, 6) is 1.88. The smallest absolute Gasteiger partial charge is 0.134 e. The summed E-state index contributed by atoms with van der Waals surface area (Å²) in [6.07, 6.45) is 6.56. The van der Waals surface area contributed by atoms with Crippen LogP contribution in [-0.2, 0) is 0 Å². The first-order chi connectivity index (χ1) is 12.8. The molecule has 0 radical (unpaired) electrons. The van der Waals surface area contributed by atoms with Gasteiger partial charge < -0.3 is 14.7 Å². The first-order valence-corrected chi connectivity index (χ1v) is 9.62. The molecule has 2 saturated heterocycles. The minimum Gasteiger partial charge on any atom is -0.370 e. The molecule has 2 fully saturated rings. The van der Waals surface area contributed by atoms with E-state index in [1.807, 2.05) is 12.1 Å². The van der Waals surface area contributed by atoms with Crippen molar-refractivity contribution in [3.05, 3.63) is 42.5 Å². The third-order valence-electron chi connectivity index (χ3n) is 5.33. The van der Waals surface area contributed by atoms with Crippen LogP contribution in [0.25, 0.3) is 0 Å². The molecular formula is C20H26FN5. The van der Waals surface area contributed by atoms with Crippen molar-refractivity contribution >= 4 is 17.3 Å². The van der Waals surface area contributed by atoms with Crippen LogP contribution in [0.1, 0.15) is 25.7 Å². The summed E-state index contributed by atoms with van der Waals surface area (Å²) in [4.78, 5) is 16.1. The Bertz CT molecular complexity index is 714. The zero-order valence-electron chi connectivity index (χ0n) is 15.1. The summed E-state index contributed by atoms with van der Waals surface area (Å²) in [6, 6.07) is 8.94. The highest BCUT2D eigenvalue weighted by molar-refractivity contribution is 5.52. The van der Waals surface area contributed by atoms with Gasteiger partial charge in [-0.2, -0.15) is 0 Å². The monoisotopic (exact) mass is 355 g/mol. The zero-order chi connectivity index (χ0) is 17.8. The molecule has 0 saturated carbocycles. The normalized spacial score (nSPS) is 18.7. The van der Waals surface area contributed by atoms with E-state index in [1.165, 1.54) is 31.4 Å². The molecule has 26 heavy (non-hydrogen) atoms. The van der Waals surface area contributed by atoms with Crippen molar-refractivity contribution in [1.29, 1.82) is 0 Å². The van der Waals surface area contributed by atoms with Crippen molar-refractivity contribution in [3.63, 3.8) is 0 Å². The van der Waals surface area contributed by atoms with Crippen LogP contribution in [-0.4, -0.2) is 49.2 Å². The minimum atomic E-state index is -0.184. The summed E-state index contributed by atoms with van der Waals surface area (Å²) < 4.78 is 13.2. The number of hydrogen-bond donors (Lipinski definition) is 0. The van der Waals surface area contributed by atoms with Crippen LogP contribution in [0.2, 0.25) is 0 Å². The van der Waals surface area contributed by atoms with E-state index in [2.05, 4.69) is 30.7 Å². The lowest BCUT2D eigenvalue weighted by atomic mass is 10.1. The van der Waals surface area contributed by atoms with Crippen molar-refractivity contribution in [2.75, 3.05) is 54.0 Å². The number of nitrogens with zero attached hydrogens (tertiary/aromatic N) is 5. The van der Waals surface area contributed by atoms with E-state index in [0.717, 1.165) is 63.0 Å². The van der Waals surface area contributed by atoms with Gasteiger partial charge in [0.05, 0.1) is 0 Å². The minimum absolute atomic E-state index is 0.184. The Hall–Kier alpha value is -2.37. The lowest BCUT2D eigenvalue weighted by molar-refractivity contribution is 0.573. The maximum atomic E-state index is 13.2. The fourth-order valence-corrected chi connectivity index (χ4v) is 3.86. The molecule has 1 aromatic heterocycles. The number of benzene rings is 1. The SMILES string of the molecule is Fc1ccc(N2CCCN(c3cc(N4CCCCC4)ncn3)CC2)cc1. The molecule has 0 atom stereocenters. The molecule has 0 N–H and O–H groups in total. The van der Waals surface area contributed by atoms with Crippen molar-refractivity contribution in [2.45, 2.75) is 25.7 Å². The number of piperidine rings is 1. The summed E-state index contributed by atoms with van der Waals surface area (Å²) in [5, 5.41) is 0. The van der Waals surface area contributed by atoms with E-state index in [9.17, 15) is 4.39 Å². The Morgan fingerprint density at radius 2 is 1.23 bits per heavy atom. The molecule has 0 spiro atoms. The van der Waals surface area contributed by atoms with Crippen LogP contribution in [0.3, 0.4) is 0 Å².